The minimum atomic E-state index is -0.0302. The number of ether oxygens (including phenoxy) is 2. The summed E-state index contributed by atoms with van der Waals surface area (Å²) in [5.74, 6) is 0.631. The summed E-state index contributed by atoms with van der Waals surface area (Å²) < 4.78 is 17.2. The molecule has 0 bridgehead atoms. The quantitative estimate of drug-likeness (QED) is 0.771. The van der Waals surface area contributed by atoms with Gasteiger partial charge in [0, 0.05) is 6.04 Å². The van der Waals surface area contributed by atoms with Crippen LogP contribution in [0.25, 0.3) is 5.57 Å². The molecule has 0 amide bonds. The lowest BCUT2D eigenvalue weighted by atomic mass is 9.83. The lowest BCUT2D eigenvalue weighted by molar-refractivity contribution is -0.0216. The van der Waals surface area contributed by atoms with Gasteiger partial charge in [-0.15, -0.1) is 5.10 Å². The van der Waals surface area contributed by atoms with Crippen LogP contribution in [0.5, 0.6) is 0 Å². The van der Waals surface area contributed by atoms with Crippen molar-refractivity contribution < 1.29 is 13.9 Å². The van der Waals surface area contributed by atoms with E-state index in [4.69, 9.17) is 13.9 Å². The Bertz CT molecular complexity index is 914. The molecule has 1 atom stereocenters. The Balaban J connectivity index is 1.06. The van der Waals surface area contributed by atoms with Crippen LogP contribution in [0.4, 0.5) is 6.01 Å². The van der Waals surface area contributed by atoms with Crippen LogP contribution in [0.3, 0.4) is 0 Å². The second-order valence-corrected chi connectivity index (χ2v) is 9.07. The topological polar surface area (TPSA) is 63.9 Å². The molecule has 158 valence electrons. The van der Waals surface area contributed by atoms with E-state index in [0.29, 0.717) is 18.0 Å². The Hall–Kier alpha value is -2.22. The molecule has 1 aromatic heterocycles. The minimum Gasteiger partial charge on any atom is -0.411 e. The number of benzene rings is 1. The van der Waals surface area contributed by atoms with Crippen molar-refractivity contribution in [2.75, 3.05) is 50.9 Å². The van der Waals surface area contributed by atoms with E-state index in [1.54, 1.807) is 0 Å². The number of hydrogen-bond donors (Lipinski definition) is 0. The number of aromatic nitrogens is 2. The first-order valence-electron chi connectivity index (χ1n) is 11.0. The number of likely N-dealkylation sites (tertiary alicyclic amines) is 1. The molecule has 7 nitrogen and oxygen atoms in total. The first kappa shape index (κ1) is 18.5. The lowest BCUT2D eigenvalue weighted by Crippen LogP contribution is -2.62. The Labute approximate surface area is 176 Å². The number of nitrogens with zero attached hydrogens (tertiary/aromatic N) is 4. The molecule has 1 unspecified atom stereocenters. The maximum Gasteiger partial charge on any atom is 0.318 e. The van der Waals surface area contributed by atoms with Gasteiger partial charge in [-0.3, -0.25) is 4.90 Å². The molecule has 4 aliphatic rings. The molecule has 1 spiro atoms. The van der Waals surface area contributed by atoms with Crippen molar-refractivity contribution in [3.63, 3.8) is 0 Å². The zero-order chi connectivity index (χ0) is 20.0. The highest BCUT2D eigenvalue weighted by Crippen LogP contribution is 2.41. The predicted octanol–water partition coefficient (Wildman–Crippen LogP) is 2.71. The Morgan fingerprint density at radius 1 is 1.10 bits per heavy atom. The maximum atomic E-state index is 6.27. The molecule has 5 heterocycles. The van der Waals surface area contributed by atoms with Crippen molar-refractivity contribution in [3.05, 3.63) is 47.9 Å². The highest BCUT2D eigenvalue weighted by molar-refractivity contribution is 5.70. The fraction of sp³-hybridized carbons (Fsp3) is 0.565. The molecule has 0 aliphatic carbocycles. The lowest BCUT2D eigenvalue weighted by Gasteiger charge is -2.46. The molecular formula is C23H28N4O3. The van der Waals surface area contributed by atoms with E-state index in [-0.39, 0.29) is 5.60 Å². The van der Waals surface area contributed by atoms with Crippen molar-refractivity contribution >= 4 is 11.6 Å². The number of hydrogen-bond acceptors (Lipinski definition) is 7. The fourth-order valence-corrected chi connectivity index (χ4v) is 5.66. The molecular weight excluding hydrogens is 380 g/mol. The van der Waals surface area contributed by atoms with E-state index < -0.39 is 0 Å². The third-order valence-corrected chi connectivity index (χ3v) is 7.26. The fourth-order valence-electron chi connectivity index (χ4n) is 5.66. The van der Waals surface area contributed by atoms with Crippen LogP contribution in [0.1, 0.15) is 36.3 Å². The summed E-state index contributed by atoms with van der Waals surface area (Å²) in [6.07, 6.45) is 7.14. The normalized spacial score (nSPS) is 26.9. The van der Waals surface area contributed by atoms with Gasteiger partial charge < -0.3 is 18.8 Å². The summed E-state index contributed by atoms with van der Waals surface area (Å²) in [5.41, 5.74) is 4.22. The zero-order valence-corrected chi connectivity index (χ0v) is 17.2. The van der Waals surface area contributed by atoms with Gasteiger partial charge in [-0.25, -0.2) is 0 Å². The average molecular weight is 409 g/mol. The monoisotopic (exact) mass is 408 g/mol. The van der Waals surface area contributed by atoms with E-state index in [1.165, 1.54) is 35.9 Å². The summed E-state index contributed by atoms with van der Waals surface area (Å²) >= 11 is 0. The van der Waals surface area contributed by atoms with Gasteiger partial charge in [-0.2, -0.15) is 0 Å². The molecule has 0 N–H and O–H groups in total. The van der Waals surface area contributed by atoms with Crippen LogP contribution in [0.15, 0.2) is 41.2 Å². The Morgan fingerprint density at radius 2 is 1.97 bits per heavy atom. The van der Waals surface area contributed by atoms with Gasteiger partial charge in [-0.05, 0) is 55.0 Å². The number of anilines is 1. The van der Waals surface area contributed by atoms with Gasteiger partial charge in [0.2, 0.25) is 6.39 Å². The summed E-state index contributed by atoms with van der Waals surface area (Å²) in [6.45, 7) is 6.33. The van der Waals surface area contributed by atoms with Crippen molar-refractivity contribution in [2.45, 2.75) is 36.8 Å². The minimum absolute atomic E-state index is 0.0302. The molecule has 0 radical (unpaired) electrons. The molecule has 6 rings (SSSR count). The second kappa shape index (κ2) is 7.48. The Kier molecular flexibility index (Phi) is 4.62. The van der Waals surface area contributed by atoms with Gasteiger partial charge in [0.05, 0.1) is 32.9 Å². The standard InChI is InChI=1S/C23H28N4O3/c1-2-4-21(18-7-10-28-12-18)20(3-1)17-5-8-26(9-6-17)19-11-23(30-13-19)14-27(15-23)22-25-24-16-29-22/h1-4,7,16-17,19H,5-6,8-15H2. The molecule has 4 aliphatic heterocycles. The molecule has 1 aromatic carbocycles. The van der Waals surface area contributed by atoms with Gasteiger partial charge in [-0.1, -0.05) is 35.4 Å². The molecule has 2 aromatic rings. The van der Waals surface area contributed by atoms with Crippen LogP contribution in [-0.2, 0) is 9.47 Å². The number of rotatable bonds is 4. The summed E-state index contributed by atoms with van der Waals surface area (Å²) in [4.78, 5) is 4.77. The van der Waals surface area contributed by atoms with Crippen LogP contribution in [-0.4, -0.2) is 72.7 Å². The SMILES string of the molecule is C1=C(c2ccccc2C2CCN(C3COC4(C3)CN(c3nnco3)C4)CC2)COC1. The van der Waals surface area contributed by atoms with E-state index >= 15 is 0 Å². The smallest absolute Gasteiger partial charge is 0.318 e. The van der Waals surface area contributed by atoms with Crippen LogP contribution < -0.4 is 4.90 Å². The van der Waals surface area contributed by atoms with E-state index in [2.05, 4.69) is 50.3 Å². The number of piperidine rings is 1. The van der Waals surface area contributed by atoms with Crippen molar-refractivity contribution in [1.29, 1.82) is 0 Å². The van der Waals surface area contributed by atoms with Crippen LogP contribution >= 0.6 is 0 Å². The first-order valence-corrected chi connectivity index (χ1v) is 11.0. The second-order valence-electron chi connectivity index (χ2n) is 9.07. The average Bonchev–Trinajstić information content (AvgIpc) is 3.54. The van der Waals surface area contributed by atoms with E-state index in [1.807, 2.05) is 0 Å². The van der Waals surface area contributed by atoms with Gasteiger partial charge in [0.25, 0.3) is 0 Å². The third-order valence-electron chi connectivity index (χ3n) is 7.26. The summed E-state index contributed by atoms with van der Waals surface area (Å²) in [6, 6.07) is 10.1. The summed E-state index contributed by atoms with van der Waals surface area (Å²) in [7, 11) is 0. The molecule has 7 heteroatoms. The molecule has 30 heavy (non-hydrogen) atoms. The Morgan fingerprint density at radius 3 is 2.73 bits per heavy atom. The van der Waals surface area contributed by atoms with E-state index in [0.717, 1.165) is 52.4 Å². The van der Waals surface area contributed by atoms with Crippen molar-refractivity contribution in [2.24, 2.45) is 0 Å². The molecule has 3 saturated heterocycles. The predicted molar refractivity (Wildman–Crippen MR) is 112 cm³/mol. The highest BCUT2D eigenvalue weighted by atomic mass is 16.5. The van der Waals surface area contributed by atoms with Gasteiger partial charge in [0.1, 0.15) is 5.60 Å². The third kappa shape index (κ3) is 3.25. The molecule has 0 saturated carbocycles. The van der Waals surface area contributed by atoms with Crippen molar-refractivity contribution in [1.82, 2.24) is 15.1 Å². The largest absolute Gasteiger partial charge is 0.411 e. The maximum absolute atomic E-state index is 6.27. The zero-order valence-electron chi connectivity index (χ0n) is 17.2. The first-order chi connectivity index (χ1) is 14.8. The van der Waals surface area contributed by atoms with Crippen LogP contribution in [0, 0.1) is 0 Å². The van der Waals surface area contributed by atoms with Gasteiger partial charge in [0.15, 0.2) is 0 Å². The van der Waals surface area contributed by atoms with Crippen LogP contribution in [0.2, 0.25) is 0 Å². The molecule has 3 fully saturated rings. The highest BCUT2D eigenvalue weighted by Gasteiger charge is 2.52. The van der Waals surface area contributed by atoms with E-state index in [9.17, 15) is 0 Å². The summed E-state index contributed by atoms with van der Waals surface area (Å²) in [5, 5.41) is 7.78. The van der Waals surface area contributed by atoms with Crippen molar-refractivity contribution in [3.8, 4) is 0 Å². The van der Waals surface area contributed by atoms with Gasteiger partial charge >= 0.3 is 6.01 Å².